The third kappa shape index (κ3) is 3.54. The van der Waals surface area contributed by atoms with Gasteiger partial charge in [0.1, 0.15) is 5.00 Å². The summed E-state index contributed by atoms with van der Waals surface area (Å²) in [6.45, 7) is 1.16. The van der Waals surface area contributed by atoms with Crippen LogP contribution >= 0.6 is 11.3 Å². The molecule has 17 heavy (non-hydrogen) atoms. The average molecular weight is 253 g/mol. The summed E-state index contributed by atoms with van der Waals surface area (Å²) in [5, 5.41) is 8.02. The van der Waals surface area contributed by atoms with Gasteiger partial charge in [0, 0.05) is 0 Å². The summed E-state index contributed by atoms with van der Waals surface area (Å²) >= 11 is 1.30. The van der Waals surface area contributed by atoms with Crippen molar-refractivity contribution in [2.24, 2.45) is 11.7 Å². The molecule has 0 aliphatic heterocycles. The molecule has 0 atom stereocenters. The standard InChI is InChI=1S/C11H15N3O2S/c12-10(16)8-3-4-17-11(8)14-9(15)6-13-5-7-1-2-7/h3-4,7,13H,1-2,5-6H2,(H2,12,16)(H,14,15). The van der Waals surface area contributed by atoms with Gasteiger partial charge in [0.15, 0.2) is 0 Å². The molecule has 1 aliphatic carbocycles. The molecule has 0 bridgehead atoms. The summed E-state index contributed by atoms with van der Waals surface area (Å²) in [4.78, 5) is 22.6. The van der Waals surface area contributed by atoms with Gasteiger partial charge in [-0.05, 0) is 36.8 Å². The monoisotopic (exact) mass is 253 g/mol. The minimum Gasteiger partial charge on any atom is -0.366 e. The number of nitrogens with two attached hydrogens (primary N) is 1. The fourth-order valence-corrected chi connectivity index (χ4v) is 2.29. The number of carbonyl (C=O) groups is 2. The first-order chi connectivity index (χ1) is 8.16. The van der Waals surface area contributed by atoms with Crippen LogP contribution in [0.1, 0.15) is 23.2 Å². The quantitative estimate of drug-likeness (QED) is 0.700. The van der Waals surface area contributed by atoms with Crippen LogP contribution < -0.4 is 16.4 Å². The molecule has 6 heteroatoms. The minimum atomic E-state index is -0.521. The smallest absolute Gasteiger partial charge is 0.251 e. The first-order valence-corrected chi connectivity index (χ1v) is 6.42. The summed E-state index contributed by atoms with van der Waals surface area (Å²) < 4.78 is 0. The lowest BCUT2D eigenvalue weighted by molar-refractivity contribution is -0.115. The van der Waals surface area contributed by atoms with Gasteiger partial charge < -0.3 is 16.4 Å². The molecule has 0 unspecified atom stereocenters. The van der Waals surface area contributed by atoms with E-state index in [9.17, 15) is 9.59 Å². The second-order valence-electron chi connectivity index (χ2n) is 4.15. The van der Waals surface area contributed by atoms with E-state index in [2.05, 4.69) is 10.6 Å². The Morgan fingerprint density at radius 2 is 2.24 bits per heavy atom. The van der Waals surface area contributed by atoms with E-state index in [-0.39, 0.29) is 12.5 Å². The van der Waals surface area contributed by atoms with Crippen LogP contribution in [0.25, 0.3) is 0 Å². The number of thiophene rings is 1. The molecule has 0 aromatic carbocycles. The van der Waals surface area contributed by atoms with Crippen molar-refractivity contribution >= 4 is 28.2 Å². The summed E-state index contributed by atoms with van der Waals surface area (Å²) in [5.41, 5.74) is 5.55. The summed E-state index contributed by atoms with van der Waals surface area (Å²) in [6.07, 6.45) is 2.51. The molecular formula is C11H15N3O2S. The third-order valence-electron chi connectivity index (χ3n) is 2.60. The number of carbonyl (C=O) groups excluding carboxylic acids is 2. The van der Waals surface area contributed by atoms with Crippen molar-refractivity contribution in [3.8, 4) is 0 Å². The molecule has 1 aliphatic rings. The highest BCUT2D eigenvalue weighted by Crippen LogP contribution is 2.27. The molecule has 0 saturated heterocycles. The molecular weight excluding hydrogens is 238 g/mol. The van der Waals surface area contributed by atoms with Crippen molar-refractivity contribution in [3.63, 3.8) is 0 Å². The molecule has 5 nitrogen and oxygen atoms in total. The number of rotatable bonds is 6. The van der Waals surface area contributed by atoms with Crippen molar-refractivity contribution in [3.05, 3.63) is 17.0 Å². The van der Waals surface area contributed by atoms with Crippen LogP contribution in [-0.2, 0) is 4.79 Å². The fraction of sp³-hybridized carbons (Fsp3) is 0.455. The average Bonchev–Trinajstić information content (AvgIpc) is 2.96. The molecule has 1 aromatic rings. The molecule has 92 valence electrons. The fourth-order valence-electron chi connectivity index (χ4n) is 1.48. The van der Waals surface area contributed by atoms with E-state index in [0.717, 1.165) is 12.5 Å². The maximum Gasteiger partial charge on any atom is 0.251 e. The van der Waals surface area contributed by atoms with Gasteiger partial charge in [-0.1, -0.05) is 0 Å². The zero-order valence-electron chi connectivity index (χ0n) is 9.36. The van der Waals surface area contributed by atoms with Gasteiger partial charge in [0.05, 0.1) is 12.1 Å². The van der Waals surface area contributed by atoms with E-state index in [1.165, 1.54) is 24.2 Å². The van der Waals surface area contributed by atoms with Crippen LogP contribution in [0.15, 0.2) is 11.4 Å². The van der Waals surface area contributed by atoms with Crippen molar-refractivity contribution in [1.82, 2.24) is 5.32 Å². The Bertz CT molecular complexity index is 426. The van der Waals surface area contributed by atoms with Crippen LogP contribution in [0, 0.1) is 5.92 Å². The summed E-state index contributed by atoms with van der Waals surface area (Å²) in [6, 6.07) is 1.61. The van der Waals surface area contributed by atoms with Crippen molar-refractivity contribution < 1.29 is 9.59 Å². The number of nitrogens with one attached hydrogen (secondary N) is 2. The molecule has 0 spiro atoms. The SMILES string of the molecule is NC(=O)c1ccsc1NC(=O)CNCC1CC1. The van der Waals surface area contributed by atoms with Crippen molar-refractivity contribution in [2.75, 3.05) is 18.4 Å². The van der Waals surface area contributed by atoms with Gasteiger partial charge in [-0.3, -0.25) is 9.59 Å². The summed E-state index contributed by atoms with van der Waals surface area (Å²) in [7, 11) is 0. The lowest BCUT2D eigenvalue weighted by Gasteiger charge is -2.05. The predicted molar refractivity (Wildman–Crippen MR) is 67.1 cm³/mol. The Balaban J connectivity index is 1.79. The lowest BCUT2D eigenvalue weighted by Crippen LogP contribution is -2.29. The van der Waals surface area contributed by atoms with Gasteiger partial charge in [0.25, 0.3) is 5.91 Å². The van der Waals surface area contributed by atoms with E-state index in [0.29, 0.717) is 10.6 Å². The Morgan fingerprint density at radius 1 is 1.47 bits per heavy atom. The number of hydrogen-bond acceptors (Lipinski definition) is 4. The zero-order valence-corrected chi connectivity index (χ0v) is 10.2. The van der Waals surface area contributed by atoms with Crippen LogP contribution in [0.5, 0.6) is 0 Å². The number of hydrogen-bond donors (Lipinski definition) is 3. The second-order valence-corrected chi connectivity index (χ2v) is 5.07. The van der Waals surface area contributed by atoms with Gasteiger partial charge in [-0.15, -0.1) is 11.3 Å². The van der Waals surface area contributed by atoms with E-state index < -0.39 is 5.91 Å². The van der Waals surface area contributed by atoms with Crippen molar-refractivity contribution in [2.45, 2.75) is 12.8 Å². The molecule has 2 rings (SSSR count). The first-order valence-electron chi connectivity index (χ1n) is 5.54. The Morgan fingerprint density at radius 3 is 2.88 bits per heavy atom. The number of amides is 2. The molecule has 4 N–H and O–H groups in total. The second kappa shape index (κ2) is 5.29. The Labute approximate surface area is 103 Å². The molecule has 1 heterocycles. The van der Waals surface area contributed by atoms with Crippen LogP contribution in [0.4, 0.5) is 5.00 Å². The van der Waals surface area contributed by atoms with Crippen molar-refractivity contribution in [1.29, 1.82) is 0 Å². The first kappa shape index (κ1) is 12.1. The topological polar surface area (TPSA) is 84.2 Å². The van der Waals surface area contributed by atoms with E-state index in [4.69, 9.17) is 5.73 Å². The van der Waals surface area contributed by atoms with E-state index in [1.54, 1.807) is 11.4 Å². The molecule has 1 aromatic heterocycles. The largest absolute Gasteiger partial charge is 0.366 e. The Hall–Kier alpha value is -1.40. The van der Waals surface area contributed by atoms with Gasteiger partial charge >= 0.3 is 0 Å². The highest BCUT2D eigenvalue weighted by molar-refractivity contribution is 7.14. The zero-order chi connectivity index (χ0) is 12.3. The third-order valence-corrected chi connectivity index (χ3v) is 3.43. The van der Waals surface area contributed by atoms with E-state index >= 15 is 0 Å². The van der Waals surface area contributed by atoms with Crippen LogP contribution in [-0.4, -0.2) is 24.9 Å². The minimum absolute atomic E-state index is 0.143. The molecule has 1 saturated carbocycles. The Kier molecular flexibility index (Phi) is 3.75. The highest BCUT2D eigenvalue weighted by Gasteiger charge is 2.20. The molecule has 0 radical (unpaired) electrons. The number of anilines is 1. The van der Waals surface area contributed by atoms with Crippen LogP contribution in [0.2, 0.25) is 0 Å². The maximum atomic E-state index is 11.6. The predicted octanol–water partition coefficient (Wildman–Crippen LogP) is 0.785. The normalized spacial score (nSPS) is 14.6. The maximum absolute atomic E-state index is 11.6. The molecule has 1 fully saturated rings. The van der Waals surface area contributed by atoms with Gasteiger partial charge in [0.2, 0.25) is 5.91 Å². The lowest BCUT2D eigenvalue weighted by atomic mass is 10.3. The van der Waals surface area contributed by atoms with E-state index in [1.807, 2.05) is 0 Å². The summed E-state index contributed by atoms with van der Waals surface area (Å²) in [5.74, 6) is 0.0776. The highest BCUT2D eigenvalue weighted by atomic mass is 32.1. The van der Waals surface area contributed by atoms with Gasteiger partial charge in [-0.25, -0.2) is 0 Å². The molecule has 2 amide bonds. The number of primary amides is 1. The van der Waals surface area contributed by atoms with Gasteiger partial charge in [-0.2, -0.15) is 0 Å². The van der Waals surface area contributed by atoms with Crippen LogP contribution in [0.3, 0.4) is 0 Å².